The lowest BCUT2D eigenvalue weighted by Crippen LogP contribution is -2.17. The predicted molar refractivity (Wildman–Crippen MR) is 86.9 cm³/mol. The summed E-state index contributed by atoms with van der Waals surface area (Å²) in [5, 5.41) is 3.96. The minimum atomic E-state index is -0.276. The molecule has 2 rings (SSSR count). The molecule has 0 saturated carbocycles. The summed E-state index contributed by atoms with van der Waals surface area (Å²) in [5.74, 6) is 0.400. The van der Waals surface area contributed by atoms with Gasteiger partial charge in [0.15, 0.2) is 0 Å². The predicted octanol–water partition coefficient (Wildman–Crippen LogP) is 3.53. The quantitative estimate of drug-likeness (QED) is 0.680. The fraction of sp³-hybridized carbons (Fsp3) is 0.125. The van der Waals surface area contributed by atoms with Crippen molar-refractivity contribution in [3.8, 4) is 5.75 Å². The van der Waals surface area contributed by atoms with Crippen molar-refractivity contribution >= 4 is 28.1 Å². The van der Waals surface area contributed by atoms with E-state index in [9.17, 15) is 4.79 Å². The summed E-state index contributed by atoms with van der Waals surface area (Å²) in [4.78, 5) is 12.0. The number of nitrogens with one attached hydrogen (secondary N) is 1. The molecule has 1 amide bonds. The number of halogens is 1. The molecule has 0 aromatic heterocycles. The van der Waals surface area contributed by atoms with Gasteiger partial charge in [-0.05, 0) is 46.6 Å². The van der Waals surface area contributed by atoms with E-state index in [0.717, 1.165) is 15.6 Å². The Morgan fingerprint density at radius 3 is 2.76 bits per heavy atom. The molecule has 0 bridgehead atoms. The topological polar surface area (TPSA) is 50.7 Å². The van der Waals surface area contributed by atoms with Crippen LogP contribution in [0.2, 0.25) is 0 Å². The number of aryl methyl sites for hydroxylation is 1. The first-order chi connectivity index (χ1) is 10.1. The maximum atomic E-state index is 12.0. The minimum Gasteiger partial charge on any atom is -0.496 e. The fourth-order valence-corrected chi connectivity index (χ4v) is 2.33. The number of hydrogen-bond acceptors (Lipinski definition) is 3. The van der Waals surface area contributed by atoms with Gasteiger partial charge in [-0.2, -0.15) is 5.10 Å². The lowest BCUT2D eigenvalue weighted by Gasteiger charge is -2.05. The van der Waals surface area contributed by atoms with Crippen molar-refractivity contribution in [3.05, 3.63) is 63.6 Å². The summed E-state index contributed by atoms with van der Waals surface area (Å²) >= 11 is 3.35. The monoisotopic (exact) mass is 346 g/mol. The zero-order valence-corrected chi connectivity index (χ0v) is 13.3. The van der Waals surface area contributed by atoms with E-state index in [0.29, 0.717) is 11.3 Å². The van der Waals surface area contributed by atoms with E-state index < -0.39 is 0 Å². The van der Waals surface area contributed by atoms with Crippen molar-refractivity contribution in [3.63, 3.8) is 0 Å². The first-order valence-electron chi connectivity index (χ1n) is 6.34. The molecular formula is C16H15BrN2O2. The number of hydrazone groups is 1. The number of methoxy groups -OCH3 is 1. The average molecular weight is 347 g/mol. The third-order valence-electron chi connectivity index (χ3n) is 2.84. The number of hydrogen-bond donors (Lipinski definition) is 1. The third kappa shape index (κ3) is 4.16. The molecule has 0 radical (unpaired) electrons. The van der Waals surface area contributed by atoms with Gasteiger partial charge in [-0.15, -0.1) is 0 Å². The van der Waals surface area contributed by atoms with Crippen LogP contribution in [0.5, 0.6) is 5.75 Å². The molecule has 0 unspecified atom stereocenters. The molecule has 0 heterocycles. The van der Waals surface area contributed by atoms with Gasteiger partial charge in [0.2, 0.25) is 0 Å². The summed E-state index contributed by atoms with van der Waals surface area (Å²) in [6.07, 6.45) is 1.61. The Bertz CT molecular complexity index is 684. The van der Waals surface area contributed by atoms with E-state index in [1.54, 1.807) is 31.5 Å². The van der Waals surface area contributed by atoms with Crippen molar-refractivity contribution in [1.29, 1.82) is 0 Å². The first-order valence-corrected chi connectivity index (χ1v) is 7.13. The van der Waals surface area contributed by atoms with Crippen molar-refractivity contribution in [2.75, 3.05) is 7.11 Å². The van der Waals surface area contributed by atoms with Crippen molar-refractivity contribution < 1.29 is 9.53 Å². The second-order valence-electron chi connectivity index (χ2n) is 4.46. The van der Waals surface area contributed by atoms with Gasteiger partial charge in [-0.1, -0.05) is 29.8 Å². The molecule has 4 nitrogen and oxygen atoms in total. The number of rotatable bonds is 4. The zero-order valence-electron chi connectivity index (χ0n) is 11.8. The van der Waals surface area contributed by atoms with Crippen LogP contribution in [-0.4, -0.2) is 19.2 Å². The summed E-state index contributed by atoms with van der Waals surface area (Å²) in [5.41, 5.74) is 5.08. The smallest absolute Gasteiger partial charge is 0.271 e. The van der Waals surface area contributed by atoms with Gasteiger partial charge in [-0.25, -0.2) is 5.43 Å². The Morgan fingerprint density at radius 1 is 1.29 bits per heavy atom. The molecule has 0 spiro atoms. The average Bonchev–Trinajstić information content (AvgIpc) is 2.47. The number of carbonyl (C=O) groups is 1. The van der Waals surface area contributed by atoms with Crippen LogP contribution in [0, 0.1) is 6.92 Å². The van der Waals surface area contributed by atoms with Crippen molar-refractivity contribution in [2.45, 2.75) is 6.92 Å². The van der Waals surface area contributed by atoms with Crippen molar-refractivity contribution in [2.24, 2.45) is 5.10 Å². The van der Waals surface area contributed by atoms with Crippen LogP contribution in [0.25, 0.3) is 0 Å². The van der Waals surface area contributed by atoms with E-state index >= 15 is 0 Å². The maximum Gasteiger partial charge on any atom is 0.271 e. The summed E-state index contributed by atoms with van der Waals surface area (Å²) in [6.45, 7) is 2.00. The van der Waals surface area contributed by atoms with Crippen LogP contribution in [0.15, 0.2) is 52.0 Å². The highest BCUT2D eigenvalue weighted by atomic mass is 79.9. The normalized spacial score (nSPS) is 10.6. The number of carbonyl (C=O) groups excluding carboxylic acids is 1. The molecule has 21 heavy (non-hydrogen) atoms. The van der Waals surface area contributed by atoms with E-state index in [1.807, 2.05) is 31.2 Å². The van der Waals surface area contributed by atoms with Gasteiger partial charge in [0, 0.05) is 5.56 Å². The highest BCUT2D eigenvalue weighted by Crippen LogP contribution is 2.25. The fourth-order valence-electron chi connectivity index (χ4n) is 1.79. The number of ether oxygens (including phenoxy) is 1. The highest BCUT2D eigenvalue weighted by Gasteiger charge is 2.07. The van der Waals surface area contributed by atoms with E-state index in [1.165, 1.54) is 0 Å². The van der Waals surface area contributed by atoms with Gasteiger partial charge in [-0.3, -0.25) is 4.79 Å². The molecule has 0 aliphatic heterocycles. The molecule has 2 aromatic carbocycles. The van der Waals surface area contributed by atoms with Crippen LogP contribution in [-0.2, 0) is 0 Å². The maximum absolute atomic E-state index is 12.0. The van der Waals surface area contributed by atoms with Crippen LogP contribution < -0.4 is 10.2 Å². The SMILES string of the molecule is COc1ccc(C(=O)NN=Cc2cccc(C)c2)cc1Br. The summed E-state index contributed by atoms with van der Waals surface area (Å²) in [7, 11) is 1.58. The number of benzene rings is 2. The Kier molecular flexibility index (Phi) is 5.11. The molecule has 1 N–H and O–H groups in total. The molecule has 2 aromatic rings. The lowest BCUT2D eigenvalue weighted by molar-refractivity contribution is 0.0955. The highest BCUT2D eigenvalue weighted by molar-refractivity contribution is 9.10. The standard InChI is InChI=1S/C16H15BrN2O2/c1-11-4-3-5-12(8-11)10-18-19-16(20)13-6-7-15(21-2)14(17)9-13/h3-10H,1-2H3,(H,19,20). The third-order valence-corrected chi connectivity index (χ3v) is 3.46. The second-order valence-corrected chi connectivity index (χ2v) is 5.32. The molecule has 0 saturated heterocycles. The van der Waals surface area contributed by atoms with Crippen LogP contribution in [0.4, 0.5) is 0 Å². The van der Waals surface area contributed by atoms with E-state index in [2.05, 4.69) is 26.5 Å². The molecule has 5 heteroatoms. The molecule has 0 aliphatic rings. The Hall–Kier alpha value is -2.14. The molecule has 0 atom stereocenters. The summed E-state index contributed by atoms with van der Waals surface area (Å²) < 4.78 is 5.84. The van der Waals surface area contributed by atoms with E-state index in [-0.39, 0.29) is 5.91 Å². The minimum absolute atomic E-state index is 0.276. The van der Waals surface area contributed by atoms with Crippen molar-refractivity contribution in [1.82, 2.24) is 5.43 Å². The Morgan fingerprint density at radius 2 is 2.10 bits per heavy atom. The summed E-state index contributed by atoms with van der Waals surface area (Å²) in [6, 6.07) is 13.0. The Balaban J connectivity index is 2.03. The molecule has 0 aliphatic carbocycles. The second kappa shape index (κ2) is 7.04. The van der Waals surface area contributed by atoms with Crippen LogP contribution >= 0.6 is 15.9 Å². The van der Waals surface area contributed by atoms with Gasteiger partial charge < -0.3 is 4.74 Å². The van der Waals surface area contributed by atoms with Gasteiger partial charge >= 0.3 is 0 Å². The van der Waals surface area contributed by atoms with Gasteiger partial charge in [0.1, 0.15) is 5.75 Å². The molecular weight excluding hydrogens is 332 g/mol. The number of amides is 1. The molecule has 108 valence electrons. The van der Waals surface area contributed by atoms with Crippen LogP contribution in [0.3, 0.4) is 0 Å². The molecule has 0 fully saturated rings. The van der Waals surface area contributed by atoms with Gasteiger partial charge in [0.05, 0.1) is 17.8 Å². The van der Waals surface area contributed by atoms with Gasteiger partial charge in [0.25, 0.3) is 5.91 Å². The zero-order chi connectivity index (χ0) is 15.2. The number of nitrogens with zero attached hydrogens (tertiary/aromatic N) is 1. The van der Waals surface area contributed by atoms with Crippen LogP contribution in [0.1, 0.15) is 21.5 Å². The Labute approximate surface area is 132 Å². The first kappa shape index (κ1) is 15.3. The van der Waals surface area contributed by atoms with E-state index in [4.69, 9.17) is 4.74 Å². The largest absolute Gasteiger partial charge is 0.496 e. The lowest BCUT2D eigenvalue weighted by atomic mass is 10.2.